The van der Waals surface area contributed by atoms with Gasteiger partial charge in [0.2, 0.25) is 0 Å². The molecule has 2 aliphatic rings. The van der Waals surface area contributed by atoms with E-state index in [9.17, 15) is 35.2 Å². The number of rotatable bonds is 3. The third-order valence-corrected chi connectivity index (χ3v) is 5.93. The molecule has 3 unspecified atom stereocenters. The summed E-state index contributed by atoms with van der Waals surface area (Å²) in [6, 6.07) is 0. The zero-order chi connectivity index (χ0) is 14.4. The molecule has 0 aromatic carbocycles. The van der Waals surface area contributed by atoms with E-state index in [1.807, 2.05) is 0 Å². The van der Waals surface area contributed by atoms with E-state index in [4.69, 9.17) is 5.90 Å². The van der Waals surface area contributed by atoms with Crippen molar-refractivity contribution in [3.8, 4) is 0 Å². The normalized spacial score (nSPS) is 48.5. The molecule has 102 valence electrons. The second-order valence-electron chi connectivity index (χ2n) is 4.53. The van der Waals surface area contributed by atoms with Crippen molar-refractivity contribution in [3.63, 3.8) is 0 Å². The Morgan fingerprint density at radius 2 is 1.28 bits per heavy atom. The number of nitrogens with two attached hydrogens (primary N) is 1. The summed E-state index contributed by atoms with van der Waals surface area (Å²) in [6.07, 6.45) is 0. The summed E-state index contributed by atoms with van der Waals surface area (Å²) < 4.78 is 16.6. The summed E-state index contributed by atoms with van der Waals surface area (Å²) in [4.78, 5) is 0. The van der Waals surface area contributed by atoms with E-state index in [0.717, 1.165) is 15.7 Å². The first kappa shape index (κ1) is 14.4. The van der Waals surface area contributed by atoms with E-state index >= 15 is 0 Å². The van der Waals surface area contributed by atoms with Crippen LogP contribution in [0.1, 0.15) is 0 Å². The minimum Gasteiger partial charge on any atom is -0.380 e. The van der Waals surface area contributed by atoms with Crippen LogP contribution in [0.25, 0.3) is 0 Å². The summed E-state index contributed by atoms with van der Waals surface area (Å²) in [5, 5.41) is 56.2. The van der Waals surface area contributed by atoms with E-state index in [1.165, 1.54) is 0 Å². The maximum atomic E-state index is 12.3. The lowest BCUT2D eigenvalue weighted by Gasteiger charge is -2.19. The van der Waals surface area contributed by atoms with Gasteiger partial charge in [-0.15, -0.1) is 0 Å². The van der Waals surface area contributed by atoms with Gasteiger partial charge in [-0.2, -0.15) is 4.67 Å². The minimum atomic E-state index is -4.66. The van der Waals surface area contributed by atoms with Crippen LogP contribution in [0, 0.1) is 0 Å². The highest BCUT2D eigenvalue weighted by Crippen LogP contribution is 2.75. The predicted octanol–water partition coefficient (Wildman–Crippen LogP) is -6.55. The molecule has 8 N–H and O–H groups in total. The Morgan fingerprint density at radius 3 is 1.44 bits per heavy atom. The van der Waals surface area contributed by atoms with Crippen LogP contribution in [0.2, 0.25) is 0 Å². The second kappa shape index (κ2) is 3.16. The van der Waals surface area contributed by atoms with Crippen LogP contribution in [0.5, 0.6) is 0 Å². The summed E-state index contributed by atoms with van der Waals surface area (Å²) in [5.74, 6) is -1.80. The van der Waals surface area contributed by atoms with Crippen molar-refractivity contribution in [1.82, 2.24) is 9.34 Å². The fourth-order valence-electron chi connectivity index (χ4n) is 1.89. The fraction of sp³-hybridized carbons (Fsp3) is 1.00. The lowest BCUT2D eigenvalue weighted by molar-refractivity contribution is -0.207. The molecule has 2 fully saturated rings. The summed E-state index contributed by atoms with van der Waals surface area (Å²) in [7, 11) is -2.56. The van der Waals surface area contributed by atoms with Gasteiger partial charge in [0, 0.05) is 0 Å². The molecule has 0 aliphatic carbocycles. The van der Waals surface area contributed by atoms with Gasteiger partial charge in [-0.3, -0.25) is 4.57 Å². The van der Waals surface area contributed by atoms with Gasteiger partial charge in [0.25, 0.3) is 0 Å². The lowest BCUT2D eigenvalue weighted by Crippen LogP contribution is -2.25. The highest BCUT2D eigenvalue weighted by molar-refractivity contribution is 7.55. The lowest BCUT2D eigenvalue weighted by atomic mass is 9.83. The Hall–Kier alpha value is -0.0401. The molecular weight excluding hydrogens is 271 g/mol. The molecule has 11 nitrogen and oxygen atoms in total. The smallest absolute Gasteiger partial charge is 0.375 e. The molecule has 3 atom stereocenters. The molecule has 2 rings (SSSR count). The van der Waals surface area contributed by atoms with Crippen molar-refractivity contribution in [3.05, 3.63) is 0 Å². The molecule has 0 spiro atoms. The van der Waals surface area contributed by atoms with Gasteiger partial charge in [0.05, 0.1) is 0 Å². The van der Waals surface area contributed by atoms with Crippen LogP contribution < -0.4 is 5.90 Å². The average Bonchev–Trinajstić information content (AvgIpc) is 2.75. The monoisotopic (exact) mass is 283 g/mol. The van der Waals surface area contributed by atoms with Crippen LogP contribution in [-0.2, 0) is 9.19 Å². The van der Waals surface area contributed by atoms with Crippen LogP contribution in [0.15, 0.2) is 0 Å². The van der Waals surface area contributed by atoms with Crippen LogP contribution in [0.3, 0.4) is 0 Å². The molecule has 18 heavy (non-hydrogen) atoms. The second-order valence-corrected chi connectivity index (χ2v) is 6.52. The molecule has 2 saturated heterocycles. The molecule has 0 saturated carbocycles. The first-order valence-corrected chi connectivity index (χ1v) is 6.27. The quantitative estimate of drug-likeness (QED) is 0.0859. The zero-order valence-electron chi connectivity index (χ0n) is 9.42. The van der Waals surface area contributed by atoms with Crippen LogP contribution in [-0.4, -0.2) is 78.7 Å². The van der Waals surface area contributed by atoms with E-state index in [-0.39, 0.29) is 4.67 Å². The van der Waals surface area contributed by atoms with E-state index in [0.29, 0.717) is 4.67 Å². The zero-order valence-corrected chi connectivity index (χ0v) is 10.3. The Bertz CT molecular complexity index is 390. The van der Waals surface area contributed by atoms with Crippen molar-refractivity contribution in [1.29, 1.82) is 0 Å². The Morgan fingerprint density at radius 1 is 0.944 bits per heavy atom. The Kier molecular flexibility index (Phi) is 2.52. The van der Waals surface area contributed by atoms with Gasteiger partial charge in [0.1, 0.15) is 11.2 Å². The fourth-order valence-corrected chi connectivity index (χ4v) is 4.51. The van der Waals surface area contributed by atoms with E-state index < -0.39 is 30.7 Å². The molecule has 0 aromatic rings. The largest absolute Gasteiger partial charge is 0.380 e. The average molecular weight is 283 g/mol. The van der Waals surface area contributed by atoms with Crippen molar-refractivity contribution >= 4 is 23.4 Å². The number of aliphatic hydroxyl groups is 6. The predicted molar refractivity (Wildman–Crippen MR) is 57.9 cm³/mol. The standard InChI is InChI=1S/C4H12B2N3O8P/c5-1(10)2(6,11)8(1)18(16,17-7)9-3(12,13)4(9,14)15/h10-15H,5-7H2. The highest BCUT2D eigenvalue weighted by atomic mass is 31.2. The van der Waals surface area contributed by atoms with Gasteiger partial charge in [-0.05, 0) is 0 Å². The minimum absolute atomic E-state index is 0.178. The van der Waals surface area contributed by atoms with Crippen LogP contribution in [0.4, 0.5) is 0 Å². The van der Waals surface area contributed by atoms with Gasteiger partial charge in [-0.1, -0.05) is 4.67 Å². The molecular formula is C4H12B2N3O8P. The summed E-state index contributed by atoms with van der Waals surface area (Å²) in [6.45, 7) is 0. The third kappa shape index (κ3) is 1.27. The maximum Gasteiger partial charge on any atom is 0.375 e. The molecule has 0 amide bonds. The molecule has 0 aromatic heterocycles. The van der Waals surface area contributed by atoms with Crippen molar-refractivity contribution in [2.75, 3.05) is 0 Å². The van der Waals surface area contributed by atoms with E-state index in [1.54, 1.807) is 0 Å². The van der Waals surface area contributed by atoms with Gasteiger partial charge in [-0.25, -0.2) is 10.5 Å². The Balaban J connectivity index is 2.40. The maximum absolute atomic E-state index is 12.3. The molecule has 0 bridgehead atoms. The topological polar surface area (TPSA) is 180 Å². The molecule has 0 radical (unpaired) electrons. The van der Waals surface area contributed by atoms with Crippen molar-refractivity contribution < 1.29 is 39.8 Å². The Labute approximate surface area is 102 Å². The SMILES string of the molecule is BC1(O)N(P(=O)(ON)N2C(O)(O)C2(O)O)C1(B)O. The number of hydrogen-bond donors (Lipinski definition) is 7. The molecule has 2 aliphatic heterocycles. The third-order valence-electron chi connectivity index (χ3n) is 3.31. The number of hydrogen-bond acceptors (Lipinski definition) is 9. The van der Waals surface area contributed by atoms with Crippen molar-refractivity contribution in [2.24, 2.45) is 5.90 Å². The van der Waals surface area contributed by atoms with Crippen LogP contribution >= 0.6 is 7.67 Å². The first-order valence-electron chi connectivity index (χ1n) is 4.74. The van der Waals surface area contributed by atoms with Crippen molar-refractivity contribution in [2.45, 2.75) is 23.1 Å². The van der Waals surface area contributed by atoms with E-state index in [2.05, 4.69) is 4.62 Å². The summed E-state index contributed by atoms with van der Waals surface area (Å²) in [5.41, 5.74) is -4.12. The summed E-state index contributed by atoms with van der Waals surface area (Å²) >= 11 is 0. The first-order chi connectivity index (χ1) is 7.79. The molecule has 2 heterocycles. The number of nitrogens with zero attached hydrogens (tertiary/aromatic N) is 2. The molecule has 14 heteroatoms. The van der Waals surface area contributed by atoms with Gasteiger partial charge >= 0.3 is 19.5 Å². The van der Waals surface area contributed by atoms with Gasteiger partial charge in [0.15, 0.2) is 15.7 Å². The highest BCUT2D eigenvalue weighted by Gasteiger charge is 2.89. The van der Waals surface area contributed by atoms with Gasteiger partial charge < -0.3 is 30.6 Å².